The van der Waals surface area contributed by atoms with Crippen molar-refractivity contribution in [1.82, 2.24) is 4.90 Å². The summed E-state index contributed by atoms with van der Waals surface area (Å²) < 4.78 is 22.5. The van der Waals surface area contributed by atoms with E-state index >= 15 is 0 Å². The molecule has 6 heteroatoms. The minimum Gasteiger partial charge on any atom is -0.493 e. The van der Waals surface area contributed by atoms with Gasteiger partial charge in [-0.15, -0.1) is 0 Å². The number of hydrogen-bond acceptors (Lipinski definition) is 6. The lowest BCUT2D eigenvalue weighted by atomic mass is 10.0. The van der Waals surface area contributed by atoms with Crippen molar-refractivity contribution < 1.29 is 18.9 Å². The highest BCUT2D eigenvalue weighted by molar-refractivity contribution is 5.54. The Morgan fingerprint density at radius 3 is 2.48 bits per heavy atom. The average molecular weight is 423 g/mol. The van der Waals surface area contributed by atoms with Crippen LogP contribution in [0.1, 0.15) is 17.5 Å². The summed E-state index contributed by atoms with van der Waals surface area (Å²) >= 11 is 0. The van der Waals surface area contributed by atoms with Crippen LogP contribution in [0.15, 0.2) is 54.2 Å². The molecule has 1 aliphatic rings. The molecule has 2 aromatic carbocycles. The topological polar surface area (TPSA) is 64.0 Å². The van der Waals surface area contributed by atoms with E-state index < -0.39 is 0 Å². The Morgan fingerprint density at radius 2 is 1.81 bits per heavy atom. The molecule has 0 aliphatic carbocycles. The second-order valence-electron chi connectivity index (χ2n) is 7.36. The zero-order chi connectivity index (χ0) is 21.9. The number of ether oxygens (including phenoxy) is 4. The van der Waals surface area contributed by atoms with Gasteiger partial charge in [0.05, 0.1) is 40.1 Å². The lowest BCUT2D eigenvalue weighted by Gasteiger charge is -2.25. The van der Waals surface area contributed by atoms with Gasteiger partial charge in [-0.25, -0.2) is 0 Å². The minimum absolute atomic E-state index is 0.495. The van der Waals surface area contributed by atoms with Gasteiger partial charge in [0, 0.05) is 31.3 Å². The molecule has 2 aromatic rings. The number of nitriles is 1. The van der Waals surface area contributed by atoms with E-state index in [0.717, 1.165) is 31.5 Å². The lowest BCUT2D eigenvalue weighted by molar-refractivity contribution is 0.0591. The molecule has 0 atom stereocenters. The summed E-state index contributed by atoms with van der Waals surface area (Å²) in [6.07, 6.45) is 4.26. The molecule has 0 aromatic heterocycles. The molecular weight excluding hydrogens is 392 g/mol. The molecule has 0 saturated carbocycles. The number of rotatable bonds is 10. The highest BCUT2D eigenvalue weighted by Crippen LogP contribution is 2.39. The van der Waals surface area contributed by atoms with Crippen molar-refractivity contribution in [1.29, 1.82) is 5.26 Å². The number of benzene rings is 2. The van der Waals surface area contributed by atoms with Crippen molar-refractivity contribution in [3.05, 3.63) is 65.4 Å². The van der Waals surface area contributed by atoms with Crippen LogP contribution in [-0.2, 0) is 17.6 Å². The smallest absolute Gasteiger partial charge is 0.203 e. The summed E-state index contributed by atoms with van der Waals surface area (Å²) in [6, 6.07) is 16.5. The van der Waals surface area contributed by atoms with Crippen LogP contribution in [0.4, 0.5) is 0 Å². The molecule has 3 rings (SSSR count). The summed E-state index contributed by atoms with van der Waals surface area (Å²) in [5.74, 6) is 1.80. The van der Waals surface area contributed by atoms with Gasteiger partial charge in [0.25, 0.3) is 0 Å². The third-order valence-electron chi connectivity index (χ3n) is 5.14. The van der Waals surface area contributed by atoms with Crippen LogP contribution >= 0.6 is 0 Å². The van der Waals surface area contributed by atoms with Gasteiger partial charge in [-0.3, -0.25) is 0 Å². The summed E-state index contributed by atoms with van der Waals surface area (Å²) in [4.78, 5) is 2.13. The van der Waals surface area contributed by atoms with Gasteiger partial charge < -0.3 is 23.8 Å². The second-order valence-corrected chi connectivity index (χ2v) is 7.36. The number of hydrogen-bond donors (Lipinski definition) is 0. The van der Waals surface area contributed by atoms with Gasteiger partial charge in [-0.2, -0.15) is 5.26 Å². The molecule has 6 nitrogen and oxygen atoms in total. The number of aryl methyl sites for hydroxylation is 1. The molecule has 0 unspecified atom stereocenters. The molecule has 0 radical (unpaired) electrons. The fourth-order valence-corrected chi connectivity index (χ4v) is 3.56. The van der Waals surface area contributed by atoms with E-state index in [-0.39, 0.29) is 0 Å². The Kier molecular flexibility index (Phi) is 8.62. The molecule has 164 valence electrons. The Hall–Kier alpha value is -3.17. The van der Waals surface area contributed by atoms with E-state index in [1.54, 1.807) is 14.2 Å². The first-order valence-electron chi connectivity index (χ1n) is 10.6. The normalized spacial score (nSPS) is 14.1. The molecule has 1 heterocycles. The second kappa shape index (κ2) is 11.9. The largest absolute Gasteiger partial charge is 0.493 e. The first kappa shape index (κ1) is 22.5. The number of morpholine rings is 1. The molecule has 0 spiro atoms. The van der Waals surface area contributed by atoms with E-state index in [4.69, 9.17) is 18.9 Å². The van der Waals surface area contributed by atoms with Crippen LogP contribution in [0.3, 0.4) is 0 Å². The minimum atomic E-state index is 0.495. The quantitative estimate of drug-likeness (QED) is 0.426. The predicted octanol–water partition coefficient (Wildman–Crippen LogP) is 4.00. The van der Waals surface area contributed by atoms with Gasteiger partial charge in [0.15, 0.2) is 11.5 Å². The third-order valence-corrected chi connectivity index (χ3v) is 5.14. The number of methoxy groups -OCH3 is 2. The molecular formula is C25H30N2O4. The van der Waals surface area contributed by atoms with Gasteiger partial charge in [-0.1, -0.05) is 30.3 Å². The molecule has 0 bridgehead atoms. The van der Waals surface area contributed by atoms with Crippen LogP contribution in [0.25, 0.3) is 0 Å². The summed E-state index contributed by atoms with van der Waals surface area (Å²) in [5.41, 5.74) is 2.91. The zero-order valence-electron chi connectivity index (χ0n) is 18.3. The van der Waals surface area contributed by atoms with Crippen molar-refractivity contribution >= 4 is 0 Å². The molecule has 1 saturated heterocycles. The van der Waals surface area contributed by atoms with Crippen LogP contribution in [-0.4, -0.2) is 52.0 Å². The number of allylic oxidation sites excluding steroid dienone is 1. The van der Waals surface area contributed by atoms with Crippen molar-refractivity contribution in [2.75, 3.05) is 47.1 Å². The fraction of sp³-hybridized carbons (Fsp3) is 0.400. The van der Waals surface area contributed by atoms with Crippen molar-refractivity contribution in [2.45, 2.75) is 19.3 Å². The molecule has 0 N–H and O–H groups in total. The first-order chi connectivity index (χ1) is 15.2. The summed E-state index contributed by atoms with van der Waals surface area (Å²) in [6.45, 7) is 3.53. The SMILES string of the molecule is COc1cc(CC(C#N)=CN2CCOCC2)cc(OCCCc2ccccc2)c1OC. The zero-order valence-corrected chi connectivity index (χ0v) is 18.3. The van der Waals surface area contributed by atoms with E-state index in [0.29, 0.717) is 49.1 Å². The predicted molar refractivity (Wildman–Crippen MR) is 120 cm³/mol. The highest BCUT2D eigenvalue weighted by atomic mass is 16.5. The van der Waals surface area contributed by atoms with Crippen molar-refractivity contribution in [2.24, 2.45) is 0 Å². The van der Waals surface area contributed by atoms with Gasteiger partial charge >= 0.3 is 0 Å². The Balaban J connectivity index is 1.70. The van der Waals surface area contributed by atoms with Crippen LogP contribution in [0.2, 0.25) is 0 Å². The maximum Gasteiger partial charge on any atom is 0.203 e. The first-order valence-corrected chi connectivity index (χ1v) is 10.6. The van der Waals surface area contributed by atoms with Crippen molar-refractivity contribution in [3.8, 4) is 23.3 Å². The Bertz CT molecular complexity index is 900. The summed E-state index contributed by atoms with van der Waals surface area (Å²) in [7, 11) is 3.21. The Morgan fingerprint density at radius 1 is 1.06 bits per heavy atom. The lowest BCUT2D eigenvalue weighted by Crippen LogP contribution is -2.32. The van der Waals surface area contributed by atoms with Crippen LogP contribution in [0.5, 0.6) is 17.2 Å². The summed E-state index contributed by atoms with van der Waals surface area (Å²) in [5, 5.41) is 9.63. The van der Waals surface area contributed by atoms with Crippen LogP contribution in [0, 0.1) is 11.3 Å². The van der Waals surface area contributed by atoms with E-state index in [1.807, 2.05) is 36.5 Å². The third kappa shape index (κ3) is 6.66. The monoisotopic (exact) mass is 422 g/mol. The Labute approximate surface area is 184 Å². The fourth-order valence-electron chi connectivity index (χ4n) is 3.56. The van der Waals surface area contributed by atoms with Crippen molar-refractivity contribution in [3.63, 3.8) is 0 Å². The number of nitrogens with zero attached hydrogens (tertiary/aromatic N) is 2. The molecule has 0 amide bonds. The molecule has 1 aliphatic heterocycles. The van der Waals surface area contributed by atoms with Gasteiger partial charge in [0.2, 0.25) is 5.75 Å². The highest BCUT2D eigenvalue weighted by Gasteiger charge is 2.16. The molecule has 1 fully saturated rings. The maximum absolute atomic E-state index is 9.63. The van der Waals surface area contributed by atoms with Gasteiger partial charge in [-0.05, 0) is 36.1 Å². The standard InChI is InChI=1S/C25H30N2O4/c1-28-23-16-21(15-22(18-26)19-27-10-13-30-14-11-27)17-24(25(23)29-2)31-12-6-9-20-7-4-3-5-8-20/h3-5,7-8,16-17,19H,6,9-15H2,1-2H3. The average Bonchev–Trinajstić information content (AvgIpc) is 2.82. The van der Waals surface area contributed by atoms with Gasteiger partial charge in [0.1, 0.15) is 0 Å². The van der Waals surface area contributed by atoms with E-state index in [1.165, 1.54) is 5.56 Å². The molecule has 31 heavy (non-hydrogen) atoms. The van der Waals surface area contributed by atoms with E-state index in [9.17, 15) is 5.26 Å². The maximum atomic E-state index is 9.63. The van der Waals surface area contributed by atoms with E-state index in [2.05, 4.69) is 23.1 Å². The van der Waals surface area contributed by atoms with Crippen LogP contribution < -0.4 is 14.2 Å².